The van der Waals surface area contributed by atoms with Crippen LogP contribution in [0.1, 0.15) is 46.0 Å². The molecule has 158 valence electrons. The van der Waals surface area contributed by atoms with Crippen LogP contribution in [0.2, 0.25) is 5.02 Å². The number of amides is 1. The Bertz CT molecular complexity index is 1010. The quantitative estimate of drug-likeness (QED) is 0.522. The van der Waals surface area contributed by atoms with E-state index in [-0.39, 0.29) is 5.91 Å². The second-order valence-electron chi connectivity index (χ2n) is 8.64. The highest BCUT2D eigenvalue weighted by molar-refractivity contribution is 6.31. The monoisotopic (exact) mass is 423 g/mol. The Kier molecular flexibility index (Phi) is 6.43. The van der Waals surface area contributed by atoms with Gasteiger partial charge < -0.3 is 5.32 Å². The van der Waals surface area contributed by atoms with E-state index >= 15 is 0 Å². The minimum Gasteiger partial charge on any atom is -0.353 e. The van der Waals surface area contributed by atoms with Gasteiger partial charge in [-0.2, -0.15) is 5.10 Å². The number of benzene rings is 2. The first-order chi connectivity index (χ1) is 14.5. The fourth-order valence-electron chi connectivity index (χ4n) is 4.59. The summed E-state index contributed by atoms with van der Waals surface area (Å²) in [6, 6.07) is 16.4. The van der Waals surface area contributed by atoms with Crippen molar-refractivity contribution in [2.45, 2.75) is 58.5 Å². The number of nitrogens with zero attached hydrogens (tertiary/aromatic N) is 2. The lowest BCUT2D eigenvalue weighted by Crippen LogP contribution is -2.43. The third-order valence-electron chi connectivity index (χ3n) is 6.59. The molecule has 0 saturated heterocycles. The van der Waals surface area contributed by atoms with Gasteiger partial charge in [0.15, 0.2) is 0 Å². The SMILES string of the molecule is C[C@H]1[C@H](C)CCC[C@H]1NC(=O)CCCn1nc(-c2ccccc2)c2cc(Cl)ccc21. The first-order valence-electron chi connectivity index (χ1n) is 11.0. The minimum atomic E-state index is 0.156. The molecule has 0 unspecified atom stereocenters. The number of hydrogen-bond donors (Lipinski definition) is 1. The normalized spacial score (nSPS) is 21.6. The summed E-state index contributed by atoms with van der Waals surface area (Å²) in [5.74, 6) is 1.39. The van der Waals surface area contributed by atoms with Crippen molar-refractivity contribution in [1.82, 2.24) is 15.1 Å². The molecule has 1 N–H and O–H groups in total. The lowest BCUT2D eigenvalue weighted by molar-refractivity contribution is -0.122. The van der Waals surface area contributed by atoms with Crippen molar-refractivity contribution in [2.75, 3.05) is 0 Å². The Labute approximate surface area is 183 Å². The van der Waals surface area contributed by atoms with Crippen LogP contribution in [0, 0.1) is 11.8 Å². The van der Waals surface area contributed by atoms with Gasteiger partial charge in [0.1, 0.15) is 5.69 Å². The van der Waals surface area contributed by atoms with Crippen LogP contribution in [0.3, 0.4) is 0 Å². The Morgan fingerprint density at radius 3 is 2.77 bits per heavy atom. The molecule has 3 atom stereocenters. The molecule has 2 aromatic carbocycles. The van der Waals surface area contributed by atoms with Gasteiger partial charge in [-0.1, -0.05) is 68.6 Å². The predicted octanol–water partition coefficient (Wildman–Crippen LogP) is 6.08. The van der Waals surface area contributed by atoms with E-state index in [2.05, 4.69) is 31.3 Å². The van der Waals surface area contributed by atoms with Crippen molar-refractivity contribution in [1.29, 1.82) is 0 Å². The standard InChI is InChI=1S/C25H30ClN3O/c1-17-8-6-11-22(18(17)2)27-24(30)12-7-15-29-23-14-13-20(26)16-21(23)25(28-29)19-9-4-3-5-10-19/h3-5,9-10,13-14,16-18,22H,6-8,11-12,15H2,1-2H3,(H,27,30)/t17-,18+,22-/m1/s1. The zero-order valence-electron chi connectivity index (χ0n) is 17.8. The van der Waals surface area contributed by atoms with Crippen LogP contribution in [0.4, 0.5) is 0 Å². The van der Waals surface area contributed by atoms with Gasteiger partial charge in [-0.3, -0.25) is 9.48 Å². The third-order valence-corrected chi connectivity index (χ3v) is 6.82. The predicted molar refractivity (Wildman–Crippen MR) is 124 cm³/mol. The summed E-state index contributed by atoms with van der Waals surface area (Å²) in [6.45, 7) is 5.26. The first kappa shape index (κ1) is 20.9. The topological polar surface area (TPSA) is 46.9 Å². The molecule has 1 aliphatic carbocycles. The molecule has 1 aromatic heterocycles. The Balaban J connectivity index is 1.44. The van der Waals surface area contributed by atoms with E-state index < -0.39 is 0 Å². The van der Waals surface area contributed by atoms with Crippen LogP contribution in [-0.2, 0) is 11.3 Å². The van der Waals surface area contributed by atoms with Crippen LogP contribution in [0.15, 0.2) is 48.5 Å². The highest BCUT2D eigenvalue weighted by Gasteiger charge is 2.27. The van der Waals surface area contributed by atoms with Gasteiger partial charge >= 0.3 is 0 Å². The van der Waals surface area contributed by atoms with Crippen LogP contribution in [0.25, 0.3) is 22.2 Å². The zero-order valence-corrected chi connectivity index (χ0v) is 18.5. The lowest BCUT2D eigenvalue weighted by atomic mass is 9.78. The minimum absolute atomic E-state index is 0.156. The molecule has 1 saturated carbocycles. The maximum absolute atomic E-state index is 12.5. The van der Waals surface area contributed by atoms with Crippen molar-refractivity contribution < 1.29 is 4.79 Å². The van der Waals surface area contributed by atoms with E-state index in [0.29, 0.717) is 35.9 Å². The zero-order chi connectivity index (χ0) is 21.1. The number of hydrogen-bond acceptors (Lipinski definition) is 2. The lowest BCUT2D eigenvalue weighted by Gasteiger charge is -2.34. The second kappa shape index (κ2) is 9.22. The van der Waals surface area contributed by atoms with E-state index in [9.17, 15) is 4.79 Å². The van der Waals surface area contributed by atoms with Crippen molar-refractivity contribution in [2.24, 2.45) is 11.8 Å². The molecule has 1 amide bonds. The maximum Gasteiger partial charge on any atom is 0.220 e. The molecule has 3 aromatic rings. The Morgan fingerprint density at radius 2 is 1.97 bits per heavy atom. The van der Waals surface area contributed by atoms with Crippen molar-refractivity contribution >= 4 is 28.4 Å². The number of rotatable bonds is 6. The molecule has 1 fully saturated rings. The molecule has 0 radical (unpaired) electrons. The molecule has 4 rings (SSSR count). The molecule has 30 heavy (non-hydrogen) atoms. The molecule has 1 aliphatic rings. The van der Waals surface area contributed by atoms with E-state index in [1.54, 1.807) is 0 Å². The average Bonchev–Trinajstić information content (AvgIpc) is 3.10. The molecule has 0 spiro atoms. The van der Waals surface area contributed by atoms with Gasteiger partial charge in [0, 0.05) is 35.0 Å². The van der Waals surface area contributed by atoms with Gasteiger partial charge in [-0.15, -0.1) is 0 Å². The van der Waals surface area contributed by atoms with E-state index in [4.69, 9.17) is 16.7 Å². The van der Waals surface area contributed by atoms with Crippen molar-refractivity contribution in [3.8, 4) is 11.3 Å². The van der Waals surface area contributed by atoms with Gasteiger partial charge in [0.2, 0.25) is 5.91 Å². The van der Waals surface area contributed by atoms with Crippen LogP contribution >= 0.6 is 11.6 Å². The smallest absolute Gasteiger partial charge is 0.220 e. The summed E-state index contributed by atoms with van der Waals surface area (Å²) in [4.78, 5) is 12.5. The second-order valence-corrected chi connectivity index (χ2v) is 9.08. The summed E-state index contributed by atoms with van der Waals surface area (Å²) in [5, 5.41) is 9.88. The number of carbonyl (C=O) groups excluding carboxylic acids is 1. The highest BCUT2D eigenvalue weighted by atomic mass is 35.5. The number of halogens is 1. The fourth-order valence-corrected chi connectivity index (χ4v) is 4.76. The fraction of sp³-hybridized carbons (Fsp3) is 0.440. The maximum atomic E-state index is 12.5. The summed E-state index contributed by atoms with van der Waals surface area (Å²) in [5.41, 5.74) is 3.05. The molecule has 0 aliphatic heterocycles. The third kappa shape index (κ3) is 4.54. The molecule has 1 heterocycles. The number of fused-ring (bicyclic) bond motifs is 1. The van der Waals surface area contributed by atoms with Crippen LogP contribution in [0.5, 0.6) is 0 Å². The molecular formula is C25H30ClN3O. The largest absolute Gasteiger partial charge is 0.353 e. The summed E-state index contributed by atoms with van der Waals surface area (Å²) in [6.07, 6.45) is 4.86. The summed E-state index contributed by atoms with van der Waals surface area (Å²) < 4.78 is 2.01. The number of aromatic nitrogens is 2. The van der Waals surface area contributed by atoms with Gasteiger partial charge in [-0.05, 0) is 42.9 Å². The average molecular weight is 424 g/mol. The van der Waals surface area contributed by atoms with Crippen molar-refractivity contribution in [3.63, 3.8) is 0 Å². The van der Waals surface area contributed by atoms with Gasteiger partial charge in [0.25, 0.3) is 0 Å². The Hall–Kier alpha value is -2.33. The van der Waals surface area contributed by atoms with E-state index in [0.717, 1.165) is 35.0 Å². The van der Waals surface area contributed by atoms with Gasteiger partial charge in [0.05, 0.1) is 5.52 Å². The van der Waals surface area contributed by atoms with E-state index in [1.807, 2.05) is 41.1 Å². The molecule has 4 nitrogen and oxygen atoms in total. The first-order valence-corrected chi connectivity index (χ1v) is 11.4. The summed E-state index contributed by atoms with van der Waals surface area (Å²) >= 11 is 6.26. The van der Waals surface area contributed by atoms with Gasteiger partial charge in [-0.25, -0.2) is 0 Å². The van der Waals surface area contributed by atoms with E-state index in [1.165, 1.54) is 12.8 Å². The number of nitrogens with one attached hydrogen (secondary N) is 1. The molecule has 0 bridgehead atoms. The summed E-state index contributed by atoms with van der Waals surface area (Å²) in [7, 11) is 0. The van der Waals surface area contributed by atoms with Crippen LogP contribution in [-0.4, -0.2) is 21.7 Å². The highest BCUT2D eigenvalue weighted by Crippen LogP contribution is 2.31. The molecule has 5 heteroatoms. The number of carbonyl (C=O) groups is 1. The van der Waals surface area contributed by atoms with Crippen molar-refractivity contribution in [3.05, 3.63) is 53.6 Å². The van der Waals surface area contributed by atoms with Crippen LogP contribution < -0.4 is 5.32 Å². The molecular weight excluding hydrogens is 394 g/mol. The number of aryl methyl sites for hydroxylation is 1. The Morgan fingerprint density at radius 1 is 1.17 bits per heavy atom.